The van der Waals surface area contributed by atoms with Crippen LogP contribution in [-0.4, -0.2) is 32.1 Å². The average molecular weight is 351 g/mol. The van der Waals surface area contributed by atoms with Gasteiger partial charge in [0.1, 0.15) is 0 Å². The first kappa shape index (κ1) is 17.6. The van der Waals surface area contributed by atoms with Crippen LogP contribution in [0.15, 0.2) is 48.0 Å². The van der Waals surface area contributed by atoms with Gasteiger partial charge in [0.2, 0.25) is 5.75 Å². The average Bonchev–Trinajstić information content (AvgIpc) is 3.08. The fourth-order valence-electron chi connectivity index (χ4n) is 2.91. The van der Waals surface area contributed by atoms with E-state index >= 15 is 0 Å². The van der Waals surface area contributed by atoms with E-state index in [9.17, 15) is 4.79 Å². The summed E-state index contributed by atoms with van der Waals surface area (Å²) in [6.45, 7) is 1.79. The van der Waals surface area contributed by atoms with E-state index in [1.165, 1.54) is 21.3 Å². The third-order valence-electron chi connectivity index (χ3n) is 4.21. The Morgan fingerprint density at radius 2 is 1.62 bits per heavy atom. The Kier molecular flexibility index (Phi) is 4.98. The number of fused-ring (bicyclic) bond motifs is 1. The van der Waals surface area contributed by atoms with Crippen LogP contribution in [0.25, 0.3) is 17.0 Å². The maximum atomic E-state index is 12.9. The highest BCUT2D eigenvalue weighted by molar-refractivity contribution is 6.11. The van der Waals surface area contributed by atoms with Crippen LogP contribution in [-0.2, 0) is 0 Å². The topological polar surface area (TPSA) is 60.6 Å². The Morgan fingerprint density at radius 1 is 0.962 bits per heavy atom. The van der Waals surface area contributed by atoms with Gasteiger partial charge in [0.25, 0.3) is 0 Å². The van der Waals surface area contributed by atoms with Gasteiger partial charge in [-0.1, -0.05) is 18.2 Å². The second-order valence-corrected chi connectivity index (χ2v) is 5.88. The first-order valence-corrected chi connectivity index (χ1v) is 8.18. The lowest BCUT2D eigenvalue weighted by Crippen LogP contribution is -2.04. The summed E-state index contributed by atoms with van der Waals surface area (Å²) < 4.78 is 16.0. The second-order valence-electron chi connectivity index (χ2n) is 5.88. The van der Waals surface area contributed by atoms with Crippen molar-refractivity contribution in [2.24, 2.45) is 0 Å². The number of aromatic nitrogens is 1. The van der Waals surface area contributed by atoms with Crippen molar-refractivity contribution in [1.82, 2.24) is 4.98 Å². The van der Waals surface area contributed by atoms with Gasteiger partial charge in [-0.3, -0.25) is 4.79 Å². The van der Waals surface area contributed by atoms with Crippen molar-refractivity contribution in [3.63, 3.8) is 0 Å². The number of allylic oxidation sites excluding steroid dienone is 1. The van der Waals surface area contributed by atoms with Gasteiger partial charge < -0.3 is 19.2 Å². The molecule has 3 aromatic rings. The fourth-order valence-corrected chi connectivity index (χ4v) is 2.91. The zero-order valence-corrected chi connectivity index (χ0v) is 15.3. The molecule has 0 aliphatic rings. The number of methoxy groups -OCH3 is 3. The lowest BCUT2D eigenvalue weighted by Gasteiger charge is -2.13. The molecule has 1 N–H and O–H groups in total. The highest BCUT2D eigenvalue weighted by atomic mass is 16.5. The van der Waals surface area contributed by atoms with Gasteiger partial charge in [0, 0.05) is 16.8 Å². The van der Waals surface area contributed by atoms with E-state index < -0.39 is 0 Å². The second kappa shape index (κ2) is 7.35. The molecule has 0 aliphatic carbocycles. The Hall–Kier alpha value is -3.21. The maximum absolute atomic E-state index is 12.9. The molecule has 1 heterocycles. The molecule has 2 aromatic carbocycles. The summed E-state index contributed by atoms with van der Waals surface area (Å²) in [5, 5.41) is 1.10. The van der Waals surface area contributed by atoms with Crippen LogP contribution in [0, 0.1) is 0 Å². The number of rotatable bonds is 6. The first-order chi connectivity index (χ1) is 12.6. The van der Waals surface area contributed by atoms with Gasteiger partial charge >= 0.3 is 0 Å². The third kappa shape index (κ3) is 3.28. The number of ketones is 1. The zero-order valence-electron chi connectivity index (χ0n) is 15.3. The van der Waals surface area contributed by atoms with Crippen molar-refractivity contribution in [1.29, 1.82) is 0 Å². The highest BCUT2D eigenvalue weighted by Gasteiger charge is 2.18. The number of aromatic amines is 1. The molecular weight excluding hydrogens is 330 g/mol. The lowest BCUT2D eigenvalue weighted by atomic mass is 10.0. The molecule has 0 saturated carbocycles. The number of ether oxygens (including phenoxy) is 3. The molecule has 134 valence electrons. The van der Waals surface area contributed by atoms with Crippen LogP contribution >= 0.6 is 0 Å². The summed E-state index contributed by atoms with van der Waals surface area (Å²) in [6, 6.07) is 13.3. The van der Waals surface area contributed by atoms with Crippen LogP contribution in [0.1, 0.15) is 23.0 Å². The SMILES string of the molecule is COc1cc(C(=O)/C(C)=C/c2cc3ccccc3[nH]2)cc(OC)c1OC. The molecule has 0 aliphatic heterocycles. The number of Topliss-reactive ketones (excluding diaryl/α,β-unsaturated/α-hetero) is 1. The van der Waals surface area contributed by atoms with E-state index in [1.54, 1.807) is 19.1 Å². The molecule has 1 aromatic heterocycles. The normalized spacial score (nSPS) is 11.5. The molecule has 5 heteroatoms. The summed E-state index contributed by atoms with van der Waals surface area (Å²) in [6.07, 6.45) is 1.84. The summed E-state index contributed by atoms with van der Waals surface area (Å²) in [7, 11) is 4.58. The Balaban J connectivity index is 1.97. The van der Waals surface area contributed by atoms with Crippen molar-refractivity contribution in [3.05, 3.63) is 59.3 Å². The first-order valence-electron chi connectivity index (χ1n) is 8.18. The van der Waals surface area contributed by atoms with Gasteiger partial charge in [-0.2, -0.15) is 0 Å². The minimum absolute atomic E-state index is 0.108. The van der Waals surface area contributed by atoms with E-state index in [1.807, 2.05) is 36.4 Å². The van der Waals surface area contributed by atoms with Crippen molar-refractivity contribution >= 4 is 22.8 Å². The smallest absolute Gasteiger partial charge is 0.203 e. The summed E-state index contributed by atoms with van der Waals surface area (Å²) in [5.41, 5.74) is 2.99. The third-order valence-corrected chi connectivity index (χ3v) is 4.21. The van der Waals surface area contributed by atoms with Crippen LogP contribution in [0.2, 0.25) is 0 Å². The van der Waals surface area contributed by atoms with Crippen LogP contribution in [0.3, 0.4) is 0 Å². The van der Waals surface area contributed by atoms with Gasteiger partial charge in [-0.25, -0.2) is 0 Å². The molecular formula is C21H21NO4. The van der Waals surface area contributed by atoms with Gasteiger partial charge in [0.05, 0.1) is 21.3 Å². The molecule has 0 radical (unpaired) electrons. The Labute approximate surface area is 152 Å². The van der Waals surface area contributed by atoms with Crippen LogP contribution in [0.5, 0.6) is 17.2 Å². The number of hydrogen-bond donors (Lipinski definition) is 1. The number of carbonyl (C=O) groups excluding carboxylic acids is 1. The molecule has 0 amide bonds. The minimum Gasteiger partial charge on any atom is -0.493 e. The number of benzene rings is 2. The van der Waals surface area contributed by atoms with Crippen molar-refractivity contribution in [2.45, 2.75) is 6.92 Å². The zero-order chi connectivity index (χ0) is 18.7. The van der Waals surface area contributed by atoms with E-state index in [4.69, 9.17) is 14.2 Å². The predicted octanol–water partition coefficient (Wildman–Crippen LogP) is 4.48. The number of H-pyrrole nitrogens is 1. The Bertz CT molecular complexity index is 927. The summed E-state index contributed by atoms with van der Waals surface area (Å²) in [4.78, 5) is 16.2. The van der Waals surface area contributed by atoms with Crippen LogP contribution < -0.4 is 14.2 Å². The molecule has 0 spiro atoms. The van der Waals surface area contributed by atoms with E-state index in [0.29, 0.717) is 28.4 Å². The molecule has 0 saturated heterocycles. The van der Waals surface area contributed by atoms with Crippen molar-refractivity contribution < 1.29 is 19.0 Å². The molecule has 5 nitrogen and oxygen atoms in total. The van der Waals surface area contributed by atoms with E-state index in [0.717, 1.165) is 16.6 Å². The van der Waals surface area contributed by atoms with E-state index in [2.05, 4.69) is 4.98 Å². The molecule has 0 unspecified atom stereocenters. The van der Waals surface area contributed by atoms with Crippen LogP contribution in [0.4, 0.5) is 0 Å². The predicted molar refractivity (Wildman–Crippen MR) is 102 cm³/mol. The number of nitrogens with one attached hydrogen (secondary N) is 1. The lowest BCUT2D eigenvalue weighted by molar-refractivity contribution is 0.103. The Morgan fingerprint density at radius 3 is 2.19 bits per heavy atom. The molecule has 0 atom stereocenters. The van der Waals surface area contributed by atoms with Crippen molar-refractivity contribution in [2.75, 3.05) is 21.3 Å². The molecule has 0 fully saturated rings. The van der Waals surface area contributed by atoms with Gasteiger partial charge in [0.15, 0.2) is 17.3 Å². The summed E-state index contributed by atoms with van der Waals surface area (Å²) >= 11 is 0. The number of para-hydroxylation sites is 1. The summed E-state index contributed by atoms with van der Waals surface area (Å²) in [5.74, 6) is 1.26. The highest BCUT2D eigenvalue weighted by Crippen LogP contribution is 2.38. The monoisotopic (exact) mass is 351 g/mol. The van der Waals surface area contributed by atoms with Gasteiger partial charge in [-0.15, -0.1) is 0 Å². The molecule has 3 rings (SSSR count). The maximum Gasteiger partial charge on any atom is 0.203 e. The van der Waals surface area contributed by atoms with Crippen molar-refractivity contribution in [3.8, 4) is 17.2 Å². The number of carbonyl (C=O) groups is 1. The largest absolute Gasteiger partial charge is 0.493 e. The van der Waals surface area contributed by atoms with Gasteiger partial charge in [-0.05, 0) is 48.2 Å². The molecule has 26 heavy (non-hydrogen) atoms. The van der Waals surface area contributed by atoms with E-state index in [-0.39, 0.29) is 5.78 Å². The standard InChI is InChI=1S/C21H21NO4/c1-13(9-16-10-14-7-5-6-8-17(14)22-16)20(23)15-11-18(24-2)21(26-4)19(12-15)25-3/h5-12,22H,1-4H3/b13-9+. The number of hydrogen-bond acceptors (Lipinski definition) is 4. The minimum atomic E-state index is -0.108. The molecule has 0 bridgehead atoms. The quantitative estimate of drug-likeness (QED) is 0.525. The fraction of sp³-hybridized carbons (Fsp3) is 0.190.